The molecule has 4 atom stereocenters. The van der Waals surface area contributed by atoms with Crippen LogP contribution in [-0.4, -0.2) is 88.0 Å². The van der Waals surface area contributed by atoms with Crippen LogP contribution in [0.5, 0.6) is 0 Å². The molecule has 1 aliphatic rings. The second-order valence-corrected chi connectivity index (χ2v) is 9.33. The highest BCUT2D eigenvalue weighted by Crippen LogP contribution is 2.20. The number of carboxylic acid groups (broad SMARTS) is 2. The number of hydrogen-bond acceptors (Lipinski definition) is 7. The number of benzene rings is 1. The number of guanidine groups is 1. The molecular weight excluding hydrogens is 510 g/mol. The van der Waals surface area contributed by atoms with Crippen molar-refractivity contribution in [3.63, 3.8) is 0 Å². The molecule has 39 heavy (non-hydrogen) atoms. The molecule has 1 saturated heterocycles. The van der Waals surface area contributed by atoms with E-state index in [1.807, 2.05) is 0 Å². The molecule has 0 bridgehead atoms. The van der Waals surface area contributed by atoms with Gasteiger partial charge in [-0.1, -0.05) is 30.3 Å². The number of likely N-dealkylation sites (tertiary alicyclic amines) is 1. The van der Waals surface area contributed by atoms with Crippen LogP contribution in [0.15, 0.2) is 35.3 Å². The molecule has 0 saturated carbocycles. The minimum Gasteiger partial charge on any atom is -0.481 e. The van der Waals surface area contributed by atoms with Crippen LogP contribution in [0.1, 0.15) is 44.1 Å². The van der Waals surface area contributed by atoms with E-state index in [1.165, 1.54) is 4.90 Å². The van der Waals surface area contributed by atoms with E-state index in [-0.39, 0.29) is 38.3 Å². The number of aliphatic imine (C=N–C) groups is 1. The summed E-state index contributed by atoms with van der Waals surface area (Å²) in [7, 11) is 0. The lowest BCUT2D eigenvalue weighted by molar-refractivity contribution is -0.149. The number of nitrogens with one attached hydrogen (secondary N) is 2. The second kappa shape index (κ2) is 15.3. The van der Waals surface area contributed by atoms with Gasteiger partial charge in [0.15, 0.2) is 5.96 Å². The Morgan fingerprint density at radius 1 is 1.00 bits per heavy atom. The lowest BCUT2D eigenvalue weighted by Gasteiger charge is -2.29. The van der Waals surface area contributed by atoms with E-state index in [9.17, 15) is 29.1 Å². The van der Waals surface area contributed by atoms with E-state index in [1.54, 1.807) is 30.3 Å². The average molecular weight is 548 g/mol. The summed E-state index contributed by atoms with van der Waals surface area (Å²) in [5.41, 5.74) is 17.2. The molecule has 0 spiro atoms. The van der Waals surface area contributed by atoms with Crippen LogP contribution in [-0.2, 0) is 30.4 Å². The normalized spacial score (nSPS) is 16.9. The number of amides is 3. The fourth-order valence-corrected chi connectivity index (χ4v) is 4.28. The summed E-state index contributed by atoms with van der Waals surface area (Å²) in [5.74, 6) is -4.44. The first kappa shape index (κ1) is 31.0. The number of aliphatic carboxylic acids is 2. The van der Waals surface area contributed by atoms with Crippen LogP contribution in [0.2, 0.25) is 0 Å². The molecule has 10 N–H and O–H groups in total. The third-order valence-electron chi connectivity index (χ3n) is 6.30. The van der Waals surface area contributed by atoms with E-state index in [0.29, 0.717) is 19.3 Å². The highest BCUT2D eigenvalue weighted by atomic mass is 16.4. The van der Waals surface area contributed by atoms with Crippen LogP contribution in [0.3, 0.4) is 0 Å². The van der Waals surface area contributed by atoms with Gasteiger partial charge in [0.25, 0.3) is 0 Å². The molecule has 0 aliphatic carbocycles. The number of carbonyl (C=O) groups is 5. The van der Waals surface area contributed by atoms with Gasteiger partial charge in [-0.2, -0.15) is 0 Å². The number of carbonyl (C=O) groups excluding carboxylic acids is 3. The van der Waals surface area contributed by atoms with Crippen molar-refractivity contribution in [2.75, 3.05) is 13.1 Å². The summed E-state index contributed by atoms with van der Waals surface area (Å²) in [4.78, 5) is 67.3. The van der Waals surface area contributed by atoms with Gasteiger partial charge >= 0.3 is 11.9 Å². The molecular formula is C25H37N7O7. The van der Waals surface area contributed by atoms with Crippen molar-refractivity contribution >= 4 is 35.6 Å². The summed E-state index contributed by atoms with van der Waals surface area (Å²) in [6.07, 6.45) is 0.796. The van der Waals surface area contributed by atoms with Crippen molar-refractivity contribution in [2.24, 2.45) is 22.2 Å². The Kier molecular flexibility index (Phi) is 12.1. The van der Waals surface area contributed by atoms with E-state index in [2.05, 4.69) is 15.6 Å². The number of rotatable bonds is 15. The SMILES string of the molecule is NC(N)=NCCCC(N)C(=O)NC(CCC(=O)O)C(=O)NC(Cc1ccccc1)C(=O)N1CCCC1C(=O)O. The molecule has 14 heteroatoms. The van der Waals surface area contributed by atoms with Crippen LogP contribution in [0.4, 0.5) is 0 Å². The van der Waals surface area contributed by atoms with Gasteiger partial charge in [-0.15, -0.1) is 0 Å². The summed E-state index contributed by atoms with van der Waals surface area (Å²) in [6, 6.07) is 4.38. The van der Waals surface area contributed by atoms with E-state index in [0.717, 1.165) is 5.56 Å². The second-order valence-electron chi connectivity index (χ2n) is 9.33. The largest absolute Gasteiger partial charge is 0.481 e. The maximum Gasteiger partial charge on any atom is 0.326 e. The molecule has 0 radical (unpaired) electrons. The third-order valence-corrected chi connectivity index (χ3v) is 6.30. The molecule has 1 aliphatic heterocycles. The predicted molar refractivity (Wildman–Crippen MR) is 141 cm³/mol. The first-order valence-electron chi connectivity index (χ1n) is 12.7. The maximum atomic E-state index is 13.4. The number of carboxylic acids is 2. The molecule has 1 heterocycles. The van der Waals surface area contributed by atoms with Crippen molar-refractivity contribution in [1.29, 1.82) is 0 Å². The lowest BCUT2D eigenvalue weighted by atomic mass is 10.0. The van der Waals surface area contributed by atoms with Gasteiger partial charge in [-0.25, -0.2) is 4.79 Å². The first-order valence-corrected chi connectivity index (χ1v) is 12.7. The van der Waals surface area contributed by atoms with Crippen LogP contribution in [0, 0.1) is 0 Å². The third kappa shape index (κ3) is 10.2. The molecule has 0 aromatic heterocycles. The Bertz CT molecular complexity index is 1050. The molecule has 3 amide bonds. The Labute approximate surface area is 226 Å². The quantitative estimate of drug-likeness (QED) is 0.0762. The molecule has 1 aromatic rings. The number of nitrogens with zero attached hydrogens (tertiary/aromatic N) is 2. The topological polar surface area (TPSA) is 244 Å². The van der Waals surface area contributed by atoms with E-state index < -0.39 is 60.2 Å². The predicted octanol–water partition coefficient (Wildman–Crippen LogP) is -1.48. The zero-order chi connectivity index (χ0) is 28.9. The van der Waals surface area contributed by atoms with E-state index in [4.69, 9.17) is 22.3 Å². The molecule has 1 fully saturated rings. The Hall–Kier alpha value is -4.20. The minimum atomic E-state index is -1.29. The first-order chi connectivity index (χ1) is 18.5. The Balaban J connectivity index is 2.18. The lowest BCUT2D eigenvalue weighted by Crippen LogP contribution is -2.57. The van der Waals surface area contributed by atoms with Crippen molar-refractivity contribution < 1.29 is 34.2 Å². The van der Waals surface area contributed by atoms with Gasteiger partial charge in [0.2, 0.25) is 17.7 Å². The van der Waals surface area contributed by atoms with Gasteiger partial charge in [-0.3, -0.25) is 24.2 Å². The summed E-state index contributed by atoms with van der Waals surface area (Å²) >= 11 is 0. The standard InChI is InChI=1S/C25H37N7O7/c26-16(8-4-12-29-25(27)28)21(35)30-17(10-11-20(33)34)22(36)31-18(14-15-6-2-1-3-7-15)23(37)32-13-5-9-19(32)24(38)39/h1-3,6-7,16-19H,4-5,8-14,26H2,(H,30,35)(H,31,36)(H,33,34)(H,38,39)(H4,27,28,29). The Morgan fingerprint density at radius 2 is 1.67 bits per heavy atom. The zero-order valence-corrected chi connectivity index (χ0v) is 21.6. The molecule has 2 rings (SSSR count). The smallest absolute Gasteiger partial charge is 0.326 e. The van der Waals surface area contributed by atoms with Crippen molar-refractivity contribution in [3.8, 4) is 0 Å². The Morgan fingerprint density at radius 3 is 2.28 bits per heavy atom. The zero-order valence-electron chi connectivity index (χ0n) is 21.6. The molecule has 1 aromatic carbocycles. The summed E-state index contributed by atoms with van der Waals surface area (Å²) in [5, 5.41) is 23.8. The van der Waals surface area contributed by atoms with Gasteiger partial charge < -0.3 is 42.9 Å². The highest BCUT2D eigenvalue weighted by Gasteiger charge is 2.38. The average Bonchev–Trinajstić information content (AvgIpc) is 3.38. The molecule has 14 nitrogen and oxygen atoms in total. The van der Waals surface area contributed by atoms with Gasteiger partial charge in [0, 0.05) is 25.9 Å². The molecule has 214 valence electrons. The van der Waals surface area contributed by atoms with E-state index >= 15 is 0 Å². The summed E-state index contributed by atoms with van der Waals surface area (Å²) < 4.78 is 0. The number of hydrogen-bond donors (Lipinski definition) is 7. The van der Waals surface area contributed by atoms with Crippen molar-refractivity contribution in [1.82, 2.24) is 15.5 Å². The van der Waals surface area contributed by atoms with Crippen LogP contribution < -0.4 is 27.8 Å². The minimum absolute atomic E-state index is 0.0676. The van der Waals surface area contributed by atoms with Gasteiger partial charge in [0.05, 0.1) is 6.04 Å². The fraction of sp³-hybridized carbons (Fsp3) is 0.520. The van der Waals surface area contributed by atoms with Crippen LogP contribution in [0.25, 0.3) is 0 Å². The van der Waals surface area contributed by atoms with Gasteiger partial charge in [0.1, 0.15) is 18.1 Å². The summed E-state index contributed by atoms with van der Waals surface area (Å²) in [6.45, 7) is 0.480. The molecule has 4 unspecified atom stereocenters. The number of nitrogens with two attached hydrogens (primary N) is 3. The highest BCUT2D eigenvalue weighted by molar-refractivity contribution is 5.94. The maximum absolute atomic E-state index is 13.4. The monoisotopic (exact) mass is 547 g/mol. The van der Waals surface area contributed by atoms with Crippen molar-refractivity contribution in [3.05, 3.63) is 35.9 Å². The van der Waals surface area contributed by atoms with Crippen molar-refractivity contribution in [2.45, 2.75) is 69.1 Å². The van der Waals surface area contributed by atoms with Gasteiger partial charge in [-0.05, 0) is 37.7 Å². The van der Waals surface area contributed by atoms with Crippen LogP contribution >= 0.6 is 0 Å². The fourth-order valence-electron chi connectivity index (χ4n) is 4.28.